The van der Waals surface area contributed by atoms with Crippen molar-refractivity contribution >= 4 is 15.8 Å². The molecule has 0 spiro atoms. The lowest BCUT2D eigenvalue weighted by Gasteiger charge is -2.34. The van der Waals surface area contributed by atoms with Gasteiger partial charge in [-0.3, -0.25) is 0 Å². The summed E-state index contributed by atoms with van der Waals surface area (Å²) in [6.45, 7) is 3.48. The van der Waals surface area contributed by atoms with Gasteiger partial charge in [-0.2, -0.15) is 4.31 Å². The molecular weight excluding hydrogens is 438 g/mol. The Morgan fingerprint density at radius 3 is 2.28 bits per heavy atom. The second-order valence-corrected chi connectivity index (χ2v) is 9.11. The zero-order valence-corrected chi connectivity index (χ0v) is 18.2. The number of benzene rings is 2. The number of sulfonamides is 1. The highest BCUT2D eigenvalue weighted by molar-refractivity contribution is 7.89. The molecule has 0 bridgehead atoms. The number of rotatable bonds is 6. The number of nitrogens with zero attached hydrogens (tertiary/aromatic N) is 4. The predicted molar refractivity (Wildman–Crippen MR) is 116 cm³/mol. The van der Waals surface area contributed by atoms with Gasteiger partial charge in [-0.15, -0.1) is 10.2 Å². The van der Waals surface area contributed by atoms with Crippen molar-refractivity contribution in [1.29, 1.82) is 0 Å². The molecule has 4 rings (SSSR count). The highest BCUT2D eigenvalue weighted by atomic mass is 32.2. The minimum absolute atomic E-state index is 0.126. The van der Waals surface area contributed by atoms with E-state index in [4.69, 9.17) is 4.74 Å². The second-order valence-electron chi connectivity index (χ2n) is 7.20. The molecule has 10 heteroatoms. The largest absolute Gasteiger partial charge is 0.494 e. The number of piperazine rings is 1. The maximum Gasteiger partial charge on any atom is 0.246 e. The van der Waals surface area contributed by atoms with Gasteiger partial charge in [0.1, 0.15) is 22.3 Å². The lowest BCUT2D eigenvalue weighted by molar-refractivity contribution is 0.340. The Hall–Kier alpha value is -3.11. The molecule has 168 valence electrons. The minimum Gasteiger partial charge on any atom is -0.494 e. The molecule has 0 radical (unpaired) electrons. The normalized spacial score (nSPS) is 15.0. The summed E-state index contributed by atoms with van der Waals surface area (Å²) in [6, 6.07) is 13.7. The van der Waals surface area contributed by atoms with Gasteiger partial charge >= 0.3 is 0 Å². The van der Waals surface area contributed by atoms with E-state index >= 15 is 0 Å². The molecule has 0 atom stereocenters. The van der Waals surface area contributed by atoms with E-state index in [2.05, 4.69) is 10.2 Å². The van der Waals surface area contributed by atoms with Crippen LogP contribution in [0.4, 0.5) is 14.6 Å². The molecule has 0 unspecified atom stereocenters. The summed E-state index contributed by atoms with van der Waals surface area (Å²) >= 11 is 0. The maximum atomic E-state index is 14.0. The van der Waals surface area contributed by atoms with Crippen molar-refractivity contribution in [3.05, 3.63) is 66.2 Å². The highest BCUT2D eigenvalue weighted by Crippen LogP contribution is 2.24. The number of aromatic nitrogens is 2. The van der Waals surface area contributed by atoms with E-state index in [1.807, 2.05) is 48.2 Å². The Morgan fingerprint density at radius 1 is 0.938 bits per heavy atom. The van der Waals surface area contributed by atoms with Gasteiger partial charge in [0.2, 0.25) is 10.0 Å². The van der Waals surface area contributed by atoms with Crippen molar-refractivity contribution in [2.75, 3.05) is 37.7 Å². The fourth-order valence-corrected chi connectivity index (χ4v) is 5.01. The molecule has 2 aromatic carbocycles. The van der Waals surface area contributed by atoms with E-state index in [1.54, 1.807) is 0 Å². The molecule has 1 saturated heterocycles. The standard InChI is InChI=1S/C22H22F2N4O3S/c1-2-31-18-6-3-16(4-7-18)20-9-10-22(26-25-20)27-11-13-28(14-12-27)32(29,30)21-15-17(23)5-8-19(21)24/h3-10,15H,2,11-14H2,1H3. The van der Waals surface area contributed by atoms with E-state index in [1.165, 1.54) is 0 Å². The molecule has 0 amide bonds. The molecule has 0 N–H and O–H groups in total. The fraction of sp³-hybridized carbons (Fsp3) is 0.273. The molecule has 0 aliphatic carbocycles. The van der Waals surface area contributed by atoms with Gasteiger partial charge in [0.15, 0.2) is 5.82 Å². The van der Waals surface area contributed by atoms with Gasteiger partial charge in [-0.25, -0.2) is 17.2 Å². The third-order valence-electron chi connectivity index (χ3n) is 5.19. The molecular formula is C22H22F2N4O3S. The van der Waals surface area contributed by atoms with Crippen molar-refractivity contribution in [2.45, 2.75) is 11.8 Å². The van der Waals surface area contributed by atoms with Gasteiger partial charge in [-0.05, 0) is 61.5 Å². The first-order valence-corrected chi connectivity index (χ1v) is 11.6. The van der Waals surface area contributed by atoms with Crippen LogP contribution in [0.3, 0.4) is 0 Å². The summed E-state index contributed by atoms with van der Waals surface area (Å²) in [7, 11) is -4.13. The molecule has 0 saturated carbocycles. The molecule has 1 aromatic heterocycles. The topological polar surface area (TPSA) is 75.6 Å². The number of anilines is 1. The van der Waals surface area contributed by atoms with Crippen molar-refractivity contribution in [1.82, 2.24) is 14.5 Å². The van der Waals surface area contributed by atoms with Crippen LogP contribution in [0, 0.1) is 11.6 Å². The highest BCUT2D eigenvalue weighted by Gasteiger charge is 2.31. The van der Waals surface area contributed by atoms with E-state index < -0.39 is 26.6 Å². The fourth-order valence-electron chi connectivity index (χ4n) is 3.51. The number of ether oxygens (including phenoxy) is 1. The van der Waals surface area contributed by atoms with Crippen LogP contribution < -0.4 is 9.64 Å². The summed E-state index contributed by atoms with van der Waals surface area (Å²) < 4.78 is 59.5. The van der Waals surface area contributed by atoms with Crippen LogP contribution in [0.15, 0.2) is 59.5 Å². The quantitative estimate of drug-likeness (QED) is 0.562. The van der Waals surface area contributed by atoms with Crippen molar-refractivity contribution in [3.63, 3.8) is 0 Å². The van der Waals surface area contributed by atoms with Gasteiger partial charge in [-0.1, -0.05) is 0 Å². The maximum absolute atomic E-state index is 14.0. The van der Waals surface area contributed by atoms with Crippen LogP contribution >= 0.6 is 0 Å². The Kier molecular flexibility index (Phi) is 6.33. The number of halogens is 2. The summed E-state index contributed by atoms with van der Waals surface area (Å²) in [5.41, 5.74) is 1.61. The lowest BCUT2D eigenvalue weighted by Crippen LogP contribution is -2.49. The van der Waals surface area contributed by atoms with Crippen molar-refractivity contribution in [3.8, 4) is 17.0 Å². The van der Waals surface area contributed by atoms with Crippen LogP contribution in [-0.2, 0) is 10.0 Å². The Morgan fingerprint density at radius 2 is 1.66 bits per heavy atom. The van der Waals surface area contributed by atoms with Crippen LogP contribution in [0.25, 0.3) is 11.3 Å². The number of hydrogen-bond acceptors (Lipinski definition) is 6. The van der Waals surface area contributed by atoms with E-state index in [0.29, 0.717) is 37.3 Å². The van der Waals surface area contributed by atoms with E-state index in [0.717, 1.165) is 27.8 Å². The summed E-state index contributed by atoms with van der Waals surface area (Å²) in [4.78, 5) is 1.26. The SMILES string of the molecule is CCOc1ccc(-c2ccc(N3CCN(S(=O)(=O)c4cc(F)ccc4F)CC3)nn2)cc1. The third-order valence-corrected chi connectivity index (χ3v) is 7.10. The number of hydrogen-bond donors (Lipinski definition) is 0. The molecule has 1 aliphatic rings. The first-order valence-electron chi connectivity index (χ1n) is 10.2. The minimum atomic E-state index is -4.13. The van der Waals surface area contributed by atoms with Crippen molar-refractivity contribution in [2.24, 2.45) is 0 Å². The second kappa shape index (κ2) is 9.17. The monoisotopic (exact) mass is 460 g/mol. The average molecular weight is 461 g/mol. The molecule has 3 aromatic rings. The first-order chi connectivity index (χ1) is 15.4. The van der Waals surface area contributed by atoms with Crippen LogP contribution in [0.1, 0.15) is 6.92 Å². The van der Waals surface area contributed by atoms with Crippen molar-refractivity contribution < 1.29 is 21.9 Å². The van der Waals surface area contributed by atoms with Crippen LogP contribution in [0.5, 0.6) is 5.75 Å². The molecule has 1 fully saturated rings. The van der Waals surface area contributed by atoms with Crippen LogP contribution in [0.2, 0.25) is 0 Å². The Labute approximate surface area is 185 Å². The first kappa shape index (κ1) is 22.1. The lowest BCUT2D eigenvalue weighted by atomic mass is 10.1. The Bertz CT molecular complexity index is 1180. The van der Waals surface area contributed by atoms with Gasteiger partial charge in [0.25, 0.3) is 0 Å². The van der Waals surface area contributed by atoms with Gasteiger partial charge in [0, 0.05) is 31.7 Å². The van der Waals surface area contributed by atoms with Gasteiger partial charge < -0.3 is 9.64 Å². The van der Waals surface area contributed by atoms with E-state index in [9.17, 15) is 17.2 Å². The van der Waals surface area contributed by atoms with Crippen LogP contribution in [-0.4, -0.2) is 55.7 Å². The third kappa shape index (κ3) is 4.56. The van der Waals surface area contributed by atoms with E-state index in [-0.39, 0.29) is 13.1 Å². The zero-order chi connectivity index (χ0) is 22.7. The smallest absolute Gasteiger partial charge is 0.246 e. The predicted octanol–water partition coefficient (Wildman–Crippen LogP) is 3.33. The molecule has 2 heterocycles. The average Bonchev–Trinajstić information content (AvgIpc) is 2.81. The summed E-state index contributed by atoms with van der Waals surface area (Å²) in [6.07, 6.45) is 0. The molecule has 7 nitrogen and oxygen atoms in total. The molecule has 32 heavy (non-hydrogen) atoms. The Balaban J connectivity index is 1.42. The zero-order valence-electron chi connectivity index (χ0n) is 17.4. The summed E-state index contributed by atoms with van der Waals surface area (Å²) in [5, 5.41) is 8.56. The molecule has 1 aliphatic heterocycles. The summed E-state index contributed by atoms with van der Waals surface area (Å²) in [5.74, 6) is -0.364. The van der Waals surface area contributed by atoms with Gasteiger partial charge in [0.05, 0.1) is 12.3 Å².